The van der Waals surface area contributed by atoms with E-state index in [1.807, 2.05) is 0 Å². The van der Waals surface area contributed by atoms with E-state index in [2.05, 4.69) is 20.6 Å². The van der Waals surface area contributed by atoms with Crippen LogP contribution in [0.4, 0.5) is 24.7 Å². The van der Waals surface area contributed by atoms with Gasteiger partial charge >= 0.3 is 6.18 Å². The maximum atomic E-state index is 13.1. The quantitative estimate of drug-likeness (QED) is 0.708. The molecule has 2 aromatic rings. The average Bonchev–Trinajstić information content (AvgIpc) is 2.59. The molecule has 0 saturated carbocycles. The van der Waals surface area contributed by atoms with Crippen LogP contribution in [0.3, 0.4) is 0 Å². The van der Waals surface area contributed by atoms with Crippen molar-refractivity contribution in [3.05, 3.63) is 46.9 Å². The molecule has 1 aromatic heterocycles. The van der Waals surface area contributed by atoms with E-state index in [9.17, 15) is 18.0 Å². The van der Waals surface area contributed by atoms with E-state index in [-0.39, 0.29) is 22.2 Å². The van der Waals surface area contributed by atoms with Gasteiger partial charge in [0.2, 0.25) is 0 Å². The van der Waals surface area contributed by atoms with E-state index < -0.39 is 17.6 Å². The lowest BCUT2D eigenvalue weighted by Gasteiger charge is -2.14. The van der Waals surface area contributed by atoms with Crippen molar-refractivity contribution in [3.63, 3.8) is 0 Å². The second kappa shape index (κ2) is 8.81. The van der Waals surface area contributed by atoms with E-state index in [0.29, 0.717) is 19.6 Å². The SMILES string of the molecule is COCCCNC(=O)c1cc(Nc2ccc(Cl)cc2C(F)(F)F)ncn1. The Kier molecular flexibility index (Phi) is 6.76. The number of aromatic nitrogens is 2. The molecule has 0 aliphatic heterocycles. The van der Waals surface area contributed by atoms with Gasteiger partial charge in [-0.25, -0.2) is 9.97 Å². The highest BCUT2D eigenvalue weighted by Gasteiger charge is 2.34. The molecule has 2 N–H and O–H groups in total. The first-order chi connectivity index (χ1) is 12.3. The molecule has 0 aliphatic rings. The van der Waals surface area contributed by atoms with Crippen LogP contribution in [0.25, 0.3) is 0 Å². The van der Waals surface area contributed by atoms with Gasteiger partial charge in [-0.1, -0.05) is 11.6 Å². The molecule has 0 bridgehead atoms. The molecule has 1 aromatic carbocycles. The minimum absolute atomic E-state index is 0.0300. The van der Waals surface area contributed by atoms with Gasteiger partial charge in [0.1, 0.15) is 17.8 Å². The topological polar surface area (TPSA) is 76.1 Å². The molecule has 0 spiro atoms. The number of nitrogens with zero attached hydrogens (tertiary/aromatic N) is 2. The fraction of sp³-hybridized carbons (Fsp3) is 0.312. The number of benzene rings is 1. The Bertz CT molecular complexity index is 771. The number of anilines is 2. The predicted octanol–water partition coefficient (Wildman–Crippen LogP) is 3.66. The van der Waals surface area contributed by atoms with Crippen LogP contribution in [0, 0.1) is 0 Å². The molecule has 0 unspecified atom stereocenters. The van der Waals surface area contributed by atoms with Gasteiger partial charge in [-0.15, -0.1) is 0 Å². The van der Waals surface area contributed by atoms with Crippen molar-refractivity contribution >= 4 is 29.0 Å². The molecular formula is C16H16ClF3N4O2. The fourth-order valence-corrected chi connectivity index (χ4v) is 2.23. The summed E-state index contributed by atoms with van der Waals surface area (Å²) >= 11 is 5.65. The average molecular weight is 389 g/mol. The Morgan fingerprint density at radius 2 is 2.04 bits per heavy atom. The number of hydrogen-bond acceptors (Lipinski definition) is 5. The summed E-state index contributed by atoms with van der Waals surface area (Å²) in [5, 5.41) is 5.14. The van der Waals surface area contributed by atoms with Crippen LogP contribution >= 0.6 is 11.6 Å². The molecule has 0 fully saturated rings. The second-order valence-electron chi connectivity index (χ2n) is 5.20. The van der Waals surface area contributed by atoms with Gasteiger partial charge in [0, 0.05) is 31.4 Å². The number of alkyl halides is 3. The second-order valence-corrected chi connectivity index (χ2v) is 5.64. The van der Waals surface area contributed by atoms with Crippen molar-refractivity contribution in [2.75, 3.05) is 25.6 Å². The van der Waals surface area contributed by atoms with Crippen molar-refractivity contribution in [2.24, 2.45) is 0 Å². The summed E-state index contributed by atoms with van der Waals surface area (Å²) < 4.78 is 44.3. The van der Waals surface area contributed by atoms with Gasteiger partial charge in [-0.3, -0.25) is 4.79 Å². The monoisotopic (exact) mass is 388 g/mol. The standard InChI is InChI=1S/C16H16ClF3N4O2/c1-26-6-2-5-21-15(25)13-8-14(23-9-22-13)24-12-4-3-10(17)7-11(12)16(18,19)20/h3-4,7-9H,2,5-6H2,1H3,(H,21,25)(H,22,23,24). The summed E-state index contributed by atoms with van der Waals surface area (Å²) in [6.07, 6.45) is -2.88. The molecule has 10 heteroatoms. The molecule has 0 saturated heterocycles. The van der Waals surface area contributed by atoms with Crippen LogP contribution in [-0.2, 0) is 10.9 Å². The smallest absolute Gasteiger partial charge is 0.385 e. The molecule has 1 amide bonds. The zero-order valence-corrected chi connectivity index (χ0v) is 14.5. The van der Waals surface area contributed by atoms with Gasteiger partial charge in [0.15, 0.2) is 0 Å². The van der Waals surface area contributed by atoms with Gasteiger partial charge in [0.25, 0.3) is 5.91 Å². The molecule has 26 heavy (non-hydrogen) atoms. The summed E-state index contributed by atoms with van der Waals surface area (Å²) in [6.45, 7) is 0.877. The van der Waals surface area contributed by atoms with Gasteiger partial charge in [0.05, 0.1) is 11.3 Å². The van der Waals surface area contributed by atoms with E-state index in [4.69, 9.17) is 16.3 Å². The molecule has 140 valence electrons. The maximum absolute atomic E-state index is 13.1. The fourth-order valence-electron chi connectivity index (χ4n) is 2.06. The van der Waals surface area contributed by atoms with Crippen LogP contribution in [0.1, 0.15) is 22.5 Å². The highest BCUT2D eigenvalue weighted by molar-refractivity contribution is 6.30. The molecular weight excluding hydrogens is 373 g/mol. The van der Waals surface area contributed by atoms with Crippen LogP contribution < -0.4 is 10.6 Å². The van der Waals surface area contributed by atoms with Gasteiger partial charge in [-0.2, -0.15) is 13.2 Å². The highest BCUT2D eigenvalue weighted by atomic mass is 35.5. The molecule has 2 rings (SSSR count). The van der Waals surface area contributed by atoms with Crippen molar-refractivity contribution in [2.45, 2.75) is 12.6 Å². The first kappa shape index (κ1) is 19.9. The Hall–Kier alpha value is -2.39. The third-order valence-electron chi connectivity index (χ3n) is 3.26. The molecule has 0 radical (unpaired) electrons. The van der Waals surface area contributed by atoms with Crippen molar-refractivity contribution in [1.82, 2.24) is 15.3 Å². The molecule has 0 aliphatic carbocycles. The summed E-state index contributed by atoms with van der Waals surface area (Å²) in [5.74, 6) is -0.409. The van der Waals surface area contributed by atoms with Crippen molar-refractivity contribution in [3.8, 4) is 0 Å². The molecule has 6 nitrogen and oxygen atoms in total. The summed E-state index contributed by atoms with van der Waals surface area (Å²) in [7, 11) is 1.55. The van der Waals surface area contributed by atoms with Crippen LogP contribution in [-0.4, -0.2) is 36.1 Å². The van der Waals surface area contributed by atoms with Crippen LogP contribution in [0.2, 0.25) is 5.02 Å². The normalized spacial score (nSPS) is 11.3. The summed E-state index contributed by atoms with van der Waals surface area (Å²) in [5.41, 5.74) is -1.14. The zero-order chi connectivity index (χ0) is 19.2. The van der Waals surface area contributed by atoms with Gasteiger partial charge < -0.3 is 15.4 Å². The number of nitrogens with one attached hydrogen (secondary N) is 2. The van der Waals surface area contributed by atoms with Crippen molar-refractivity contribution in [1.29, 1.82) is 0 Å². The number of carbonyl (C=O) groups is 1. The minimum atomic E-state index is -4.60. The number of amides is 1. The maximum Gasteiger partial charge on any atom is 0.418 e. The van der Waals surface area contributed by atoms with Crippen molar-refractivity contribution < 1.29 is 22.7 Å². The number of hydrogen-bond donors (Lipinski definition) is 2. The summed E-state index contributed by atoms with van der Waals surface area (Å²) in [6, 6.07) is 4.59. The number of carbonyl (C=O) groups excluding carboxylic acids is 1. The lowest BCUT2D eigenvalue weighted by Crippen LogP contribution is -2.26. The molecule has 1 heterocycles. The summed E-state index contributed by atoms with van der Waals surface area (Å²) in [4.78, 5) is 19.7. The largest absolute Gasteiger partial charge is 0.418 e. The lowest BCUT2D eigenvalue weighted by atomic mass is 10.1. The Morgan fingerprint density at radius 1 is 1.27 bits per heavy atom. The van der Waals surface area contributed by atoms with E-state index in [1.165, 1.54) is 18.2 Å². The third kappa shape index (κ3) is 5.57. The van der Waals surface area contributed by atoms with Crippen LogP contribution in [0.15, 0.2) is 30.6 Å². The lowest BCUT2D eigenvalue weighted by molar-refractivity contribution is -0.136. The highest BCUT2D eigenvalue weighted by Crippen LogP contribution is 2.37. The van der Waals surface area contributed by atoms with E-state index in [1.54, 1.807) is 7.11 Å². The minimum Gasteiger partial charge on any atom is -0.385 e. The first-order valence-electron chi connectivity index (χ1n) is 7.54. The number of methoxy groups -OCH3 is 1. The predicted molar refractivity (Wildman–Crippen MR) is 90.6 cm³/mol. The number of halogens is 4. The van der Waals surface area contributed by atoms with E-state index >= 15 is 0 Å². The van der Waals surface area contributed by atoms with E-state index in [0.717, 1.165) is 12.4 Å². The molecule has 0 atom stereocenters. The Morgan fingerprint density at radius 3 is 2.73 bits per heavy atom. The third-order valence-corrected chi connectivity index (χ3v) is 3.50. The van der Waals surface area contributed by atoms with Crippen LogP contribution in [0.5, 0.6) is 0 Å². The Labute approximate surface area is 152 Å². The van der Waals surface area contributed by atoms with Gasteiger partial charge in [-0.05, 0) is 24.6 Å². The number of rotatable bonds is 7. The number of ether oxygens (including phenoxy) is 1. The first-order valence-corrected chi connectivity index (χ1v) is 7.92. The zero-order valence-electron chi connectivity index (χ0n) is 13.7. The Balaban J connectivity index is 2.15.